The molecule has 0 saturated carbocycles. The van der Waals surface area contributed by atoms with Gasteiger partial charge >= 0.3 is 0 Å². The number of anilines is 4. The predicted octanol–water partition coefficient (Wildman–Crippen LogP) is 11.6. The van der Waals surface area contributed by atoms with E-state index in [4.69, 9.17) is 5.10 Å². The lowest BCUT2D eigenvalue weighted by Crippen LogP contribution is -2.15. The molecule has 0 bridgehead atoms. The van der Waals surface area contributed by atoms with Crippen molar-refractivity contribution in [3.8, 4) is 22.3 Å². The van der Waals surface area contributed by atoms with Crippen molar-refractivity contribution in [2.75, 3.05) is 9.91 Å². The number of rotatable bonds is 10. The van der Waals surface area contributed by atoms with Gasteiger partial charge in [0.2, 0.25) is 0 Å². The van der Waals surface area contributed by atoms with E-state index in [-0.39, 0.29) is 0 Å². The van der Waals surface area contributed by atoms with Crippen molar-refractivity contribution in [2.45, 2.75) is 6.54 Å². The lowest BCUT2D eigenvalue weighted by molar-refractivity contribution is 0.871. The Balaban J connectivity index is 1.19. The Morgan fingerprint density at radius 2 is 0.891 bits per heavy atom. The summed E-state index contributed by atoms with van der Waals surface area (Å²) >= 11 is 1.75. The van der Waals surface area contributed by atoms with Crippen LogP contribution in [0.3, 0.4) is 0 Å². The number of para-hydroxylation sites is 1. The molecule has 0 spiro atoms. The van der Waals surface area contributed by atoms with Crippen LogP contribution in [-0.2, 0) is 6.54 Å². The molecule has 4 heteroatoms. The van der Waals surface area contributed by atoms with Crippen molar-refractivity contribution in [3.05, 3.63) is 192 Å². The van der Waals surface area contributed by atoms with Crippen molar-refractivity contribution < 1.29 is 0 Å². The zero-order valence-electron chi connectivity index (χ0n) is 25.4. The highest BCUT2D eigenvalue weighted by molar-refractivity contribution is 7.09. The molecule has 0 unspecified atom stereocenters. The molecular weight excluding hydrogens is 579 g/mol. The average molecular weight is 612 g/mol. The summed E-state index contributed by atoms with van der Waals surface area (Å²) in [7, 11) is 0. The van der Waals surface area contributed by atoms with Gasteiger partial charge in [-0.25, -0.2) is 0 Å². The number of hydrazone groups is 1. The molecule has 0 saturated heterocycles. The lowest BCUT2D eigenvalue weighted by atomic mass is 10.0. The third kappa shape index (κ3) is 6.83. The normalized spacial score (nSPS) is 11.0. The molecule has 0 amide bonds. The van der Waals surface area contributed by atoms with Gasteiger partial charge in [-0.1, -0.05) is 121 Å². The summed E-state index contributed by atoms with van der Waals surface area (Å²) in [5.41, 5.74) is 10.2. The minimum atomic E-state index is 0.724. The summed E-state index contributed by atoms with van der Waals surface area (Å²) in [6.07, 6.45) is 1.94. The van der Waals surface area contributed by atoms with Crippen molar-refractivity contribution in [1.29, 1.82) is 0 Å². The Kier molecular flexibility index (Phi) is 8.79. The molecule has 7 aromatic rings. The van der Waals surface area contributed by atoms with E-state index in [1.165, 1.54) is 27.1 Å². The lowest BCUT2D eigenvalue weighted by Gasteiger charge is -2.26. The van der Waals surface area contributed by atoms with Crippen LogP contribution in [0.25, 0.3) is 22.3 Å². The second-order valence-corrected chi connectivity index (χ2v) is 12.0. The first kappa shape index (κ1) is 29.0. The van der Waals surface area contributed by atoms with Gasteiger partial charge in [0, 0.05) is 21.9 Å². The highest BCUT2D eigenvalue weighted by Crippen LogP contribution is 2.36. The fourth-order valence-corrected chi connectivity index (χ4v) is 6.20. The molecule has 222 valence electrons. The summed E-state index contributed by atoms with van der Waals surface area (Å²) in [6, 6.07) is 61.8. The van der Waals surface area contributed by atoms with E-state index in [0.29, 0.717) is 0 Å². The molecule has 0 atom stereocenters. The van der Waals surface area contributed by atoms with E-state index < -0.39 is 0 Å². The predicted molar refractivity (Wildman–Crippen MR) is 197 cm³/mol. The van der Waals surface area contributed by atoms with Crippen LogP contribution >= 0.6 is 11.3 Å². The Labute approximate surface area is 275 Å². The van der Waals surface area contributed by atoms with E-state index in [1.54, 1.807) is 11.3 Å². The largest absolute Gasteiger partial charge is 0.311 e. The molecule has 0 aliphatic rings. The molecule has 1 heterocycles. The van der Waals surface area contributed by atoms with Crippen molar-refractivity contribution in [1.82, 2.24) is 0 Å². The van der Waals surface area contributed by atoms with Gasteiger partial charge in [0.05, 0.1) is 18.4 Å². The first-order valence-electron chi connectivity index (χ1n) is 15.4. The van der Waals surface area contributed by atoms with Gasteiger partial charge in [-0.15, -0.1) is 11.3 Å². The van der Waals surface area contributed by atoms with Crippen LogP contribution in [0.4, 0.5) is 22.7 Å². The van der Waals surface area contributed by atoms with E-state index >= 15 is 0 Å². The van der Waals surface area contributed by atoms with E-state index in [1.807, 2.05) is 12.3 Å². The van der Waals surface area contributed by atoms with Crippen LogP contribution in [0.1, 0.15) is 10.4 Å². The zero-order chi connectivity index (χ0) is 31.0. The zero-order valence-corrected chi connectivity index (χ0v) is 26.2. The Bertz CT molecular complexity index is 1890. The number of hydrogen-bond donors (Lipinski definition) is 0. The van der Waals surface area contributed by atoms with Crippen LogP contribution in [-0.4, -0.2) is 6.21 Å². The minimum absolute atomic E-state index is 0.724. The monoisotopic (exact) mass is 611 g/mol. The van der Waals surface area contributed by atoms with Crippen molar-refractivity contribution >= 4 is 40.3 Å². The molecule has 3 nitrogen and oxygen atoms in total. The summed E-state index contributed by atoms with van der Waals surface area (Å²) in [6.45, 7) is 0.724. The number of hydrogen-bond acceptors (Lipinski definition) is 4. The standard InChI is InChI=1S/C42H33N3S/c1-4-11-34(12-5-1)36-20-26-40(27-21-36)45(41-28-22-37(23-29-41)35-13-6-2-7-14-35)39-24-18-33(19-25-39)31-43-44(32-42-17-10-30-46-42)38-15-8-3-9-16-38/h1-31H,32H2. The van der Waals surface area contributed by atoms with E-state index in [0.717, 1.165) is 34.9 Å². The Morgan fingerprint density at radius 1 is 0.435 bits per heavy atom. The second kappa shape index (κ2) is 13.9. The number of nitrogens with zero attached hydrogens (tertiary/aromatic N) is 3. The Morgan fingerprint density at radius 3 is 1.37 bits per heavy atom. The molecule has 6 aromatic carbocycles. The second-order valence-electron chi connectivity index (χ2n) is 11.0. The van der Waals surface area contributed by atoms with E-state index in [2.05, 4.69) is 185 Å². The topological polar surface area (TPSA) is 18.8 Å². The molecule has 0 aliphatic heterocycles. The first-order valence-corrected chi connectivity index (χ1v) is 16.3. The summed E-state index contributed by atoms with van der Waals surface area (Å²) < 4.78 is 0. The molecular formula is C42H33N3S. The summed E-state index contributed by atoms with van der Waals surface area (Å²) in [5.74, 6) is 0. The van der Waals surface area contributed by atoms with Crippen LogP contribution in [0.5, 0.6) is 0 Å². The van der Waals surface area contributed by atoms with Gasteiger partial charge < -0.3 is 4.90 Å². The molecule has 0 N–H and O–H groups in total. The maximum absolute atomic E-state index is 4.91. The molecule has 1 aromatic heterocycles. The molecule has 0 radical (unpaired) electrons. The van der Waals surface area contributed by atoms with Crippen LogP contribution in [0, 0.1) is 0 Å². The minimum Gasteiger partial charge on any atom is -0.311 e. The third-order valence-electron chi connectivity index (χ3n) is 7.90. The summed E-state index contributed by atoms with van der Waals surface area (Å²) in [4.78, 5) is 3.57. The molecule has 7 rings (SSSR count). The molecule has 0 fully saturated rings. The fraction of sp³-hybridized carbons (Fsp3) is 0.0238. The van der Waals surface area contributed by atoms with Crippen LogP contribution < -0.4 is 9.91 Å². The summed E-state index contributed by atoms with van der Waals surface area (Å²) in [5, 5.41) is 9.07. The van der Waals surface area contributed by atoms with Gasteiger partial charge in [0.1, 0.15) is 0 Å². The van der Waals surface area contributed by atoms with Crippen LogP contribution in [0.15, 0.2) is 186 Å². The molecule has 46 heavy (non-hydrogen) atoms. The van der Waals surface area contributed by atoms with Gasteiger partial charge in [0.15, 0.2) is 0 Å². The SMILES string of the molecule is C(=NN(Cc1cccs1)c1ccccc1)c1ccc(N(c2ccc(-c3ccccc3)cc2)c2ccc(-c3ccccc3)cc2)cc1. The number of benzene rings is 6. The van der Waals surface area contributed by atoms with Gasteiger partial charge in [-0.2, -0.15) is 5.10 Å². The van der Waals surface area contributed by atoms with Crippen molar-refractivity contribution in [3.63, 3.8) is 0 Å². The fourth-order valence-electron chi connectivity index (χ4n) is 5.51. The Hall–Kier alpha value is -5.71. The smallest absolute Gasteiger partial charge is 0.0759 e. The quantitative estimate of drug-likeness (QED) is 0.113. The average Bonchev–Trinajstić information content (AvgIpc) is 3.66. The van der Waals surface area contributed by atoms with Gasteiger partial charge in [-0.05, 0) is 87.8 Å². The maximum atomic E-state index is 4.91. The van der Waals surface area contributed by atoms with Gasteiger partial charge in [-0.3, -0.25) is 5.01 Å². The highest BCUT2D eigenvalue weighted by atomic mass is 32.1. The van der Waals surface area contributed by atoms with Crippen molar-refractivity contribution in [2.24, 2.45) is 5.10 Å². The maximum Gasteiger partial charge on any atom is 0.0759 e. The molecule has 0 aliphatic carbocycles. The third-order valence-corrected chi connectivity index (χ3v) is 8.76. The van der Waals surface area contributed by atoms with Crippen LogP contribution in [0.2, 0.25) is 0 Å². The highest BCUT2D eigenvalue weighted by Gasteiger charge is 2.14. The van der Waals surface area contributed by atoms with E-state index in [9.17, 15) is 0 Å². The number of thiophene rings is 1. The van der Waals surface area contributed by atoms with Gasteiger partial charge in [0.25, 0.3) is 0 Å². The first-order chi connectivity index (χ1) is 22.8.